The molecule has 1 fully saturated rings. The maximum absolute atomic E-state index is 14.2. The molecule has 1 aromatic rings. The number of hydrogen-bond donors (Lipinski definition) is 2. The van der Waals surface area contributed by atoms with Gasteiger partial charge in [-0.1, -0.05) is 0 Å². The van der Waals surface area contributed by atoms with Crippen molar-refractivity contribution in [2.45, 2.75) is 36.6 Å². The van der Waals surface area contributed by atoms with Gasteiger partial charge in [-0.25, -0.2) is 17.9 Å². The van der Waals surface area contributed by atoms with Gasteiger partial charge in [-0.2, -0.15) is 0 Å². The standard InChI is InChI=1S/C13H19FN2O3S/c14-12-9-11(20(15,18)19)4-5-13(12)16-7-2-1-3-10(16)6-8-17/h4-5,9-10,17H,1-3,6-8H2,(H2,15,18,19). The van der Waals surface area contributed by atoms with Crippen LogP contribution in [0.15, 0.2) is 23.1 Å². The van der Waals surface area contributed by atoms with Crippen LogP contribution >= 0.6 is 0 Å². The molecule has 1 atom stereocenters. The average molecular weight is 302 g/mol. The van der Waals surface area contributed by atoms with E-state index in [-0.39, 0.29) is 17.5 Å². The van der Waals surface area contributed by atoms with E-state index in [4.69, 9.17) is 10.2 Å². The van der Waals surface area contributed by atoms with Crippen molar-refractivity contribution in [3.05, 3.63) is 24.0 Å². The largest absolute Gasteiger partial charge is 0.396 e. The molecule has 112 valence electrons. The zero-order valence-corrected chi connectivity index (χ0v) is 11.9. The lowest BCUT2D eigenvalue weighted by Gasteiger charge is -2.37. The van der Waals surface area contributed by atoms with Gasteiger partial charge in [-0.05, 0) is 43.9 Å². The van der Waals surface area contributed by atoms with Crippen LogP contribution in [0.3, 0.4) is 0 Å². The third-order valence-corrected chi connectivity index (χ3v) is 4.56. The Hall–Kier alpha value is -1.18. The van der Waals surface area contributed by atoms with Crippen LogP contribution in [0.4, 0.5) is 10.1 Å². The van der Waals surface area contributed by atoms with Gasteiger partial charge in [0.1, 0.15) is 5.82 Å². The van der Waals surface area contributed by atoms with Crippen LogP contribution in [0.2, 0.25) is 0 Å². The first-order valence-electron chi connectivity index (χ1n) is 6.63. The van der Waals surface area contributed by atoms with Crippen LogP contribution in [0.1, 0.15) is 25.7 Å². The number of piperidine rings is 1. The number of anilines is 1. The molecule has 0 aliphatic carbocycles. The summed E-state index contributed by atoms with van der Waals surface area (Å²) >= 11 is 0. The third-order valence-electron chi connectivity index (χ3n) is 3.65. The summed E-state index contributed by atoms with van der Waals surface area (Å²) in [5.41, 5.74) is 0.371. The number of halogens is 1. The predicted octanol–water partition coefficient (Wildman–Crippen LogP) is 1.21. The van der Waals surface area contributed by atoms with Gasteiger partial charge in [0.05, 0.1) is 10.6 Å². The molecule has 1 heterocycles. The second kappa shape index (κ2) is 6.07. The van der Waals surface area contributed by atoms with E-state index in [2.05, 4.69) is 0 Å². The normalized spacial score (nSPS) is 20.1. The predicted molar refractivity (Wildman–Crippen MR) is 74.5 cm³/mol. The molecule has 1 unspecified atom stereocenters. The molecule has 5 nitrogen and oxygen atoms in total. The van der Waals surface area contributed by atoms with Crippen LogP contribution in [-0.2, 0) is 10.0 Å². The van der Waals surface area contributed by atoms with E-state index in [0.29, 0.717) is 18.7 Å². The first-order chi connectivity index (χ1) is 9.43. The summed E-state index contributed by atoms with van der Waals surface area (Å²) in [6.07, 6.45) is 3.49. The SMILES string of the molecule is NS(=O)(=O)c1ccc(N2CCCCC2CCO)c(F)c1. The number of primary sulfonamides is 1. The van der Waals surface area contributed by atoms with E-state index >= 15 is 0 Å². The maximum atomic E-state index is 14.2. The number of aliphatic hydroxyl groups excluding tert-OH is 1. The van der Waals surface area contributed by atoms with Crippen molar-refractivity contribution in [1.29, 1.82) is 0 Å². The van der Waals surface area contributed by atoms with Gasteiger partial charge in [0.15, 0.2) is 0 Å². The Morgan fingerprint density at radius 3 is 2.75 bits per heavy atom. The Balaban J connectivity index is 2.31. The highest BCUT2D eigenvalue weighted by Crippen LogP contribution is 2.29. The van der Waals surface area contributed by atoms with E-state index in [0.717, 1.165) is 25.3 Å². The van der Waals surface area contributed by atoms with Crippen molar-refractivity contribution in [3.8, 4) is 0 Å². The van der Waals surface area contributed by atoms with Gasteiger partial charge in [0.2, 0.25) is 10.0 Å². The molecular weight excluding hydrogens is 283 g/mol. The van der Waals surface area contributed by atoms with E-state index in [1.165, 1.54) is 12.1 Å². The molecular formula is C13H19FN2O3S. The number of rotatable bonds is 4. The van der Waals surface area contributed by atoms with Crippen LogP contribution in [-0.4, -0.2) is 32.7 Å². The van der Waals surface area contributed by atoms with Crippen molar-refractivity contribution < 1.29 is 17.9 Å². The van der Waals surface area contributed by atoms with Gasteiger partial charge >= 0.3 is 0 Å². The molecule has 20 heavy (non-hydrogen) atoms. The van der Waals surface area contributed by atoms with Crippen LogP contribution in [0, 0.1) is 5.82 Å². The molecule has 1 aliphatic rings. The monoisotopic (exact) mass is 302 g/mol. The Kier molecular flexibility index (Phi) is 4.62. The number of nitrogens with zero attached hydrogens (tertiary/aromatic N) is 1. The molecule has 1 saturated heterocycles. The Morgan fingerprint density at radius 2 is 2.15 bits per heavy atom. The Bertz CT molecular complexity index is 575. The Labute approximate surface area is 118 Å². The van der Waals surface area contributed by atoms with Crippen molar-refractivity contribution in [3.63, 3.8) is 0 Å². The van der Waals surface area contributed by atoms with E-state index in [1.54, 1.807) is 0 Å². The summed E-state index contributed by atoms with van der Waals surface area (Å²) in [5, 5.41) is 14.1. The minimum absolute atomic E-state index is 0.0536. The molecule has 0 amide bonds. The van der Waals surface area contributed by atoms with E-state index < -0.39 is 15.8 Å². The number of sulfonamides is 1. The van der Waals surface area contributed by atoms with Gasteiger partial charge in [0, 0.05) is 19.2 Å². The molecule has 3 N–H and O–H groups in total. The molecule has 0 saturated carbocycles. The highest BCUT2D eigenvalue weighted by molar-refractivity contribution is 7.89. The van der Waals surface area contributed by atoms with Gasteiger partial charge in [0.25, 0.3) is 0 Å². The van der Waals surface area contributed by atoms with Crippen molar-refractivity contribution >= 4 is 15.7 Å². The van der Waals surface area contributed by atoms with Crippen molar-refractivity contribution in [1.82, 2.24) is 0 Å². The minimum Gasteiger partial charge on any atom is -0.396 e. The molecule has 7 heteroatoms. The van der Waals surface area contributed by atoms with Crippen molar-refractivity contribution in [2.75, 3.05) is 18.1 Å². The van der Waals surface area contributed by atoms with Crippen LogP contribution in [0.5, 0.6) is 0 Å². The molecule has 0 aromatic heterocycles. The minimum atomic E-state index is -3.90. The molecule has 2 rings (SSSR count). The Morgan fingerprint density at radius 1 is 1.40 bits per heavy atom. The fourth-order valence-corrected chi connectivity index (χ4v) is 3.19. The quantitative estimate of drug-likeness (QED) is 0.876. The highest BCUT2D eigenvalue weighted by Gasteiger charge is 2.25. The lowest BCUT2D eigenvalue weighted by atomic mass is 9.98. The molecule has 0 bridgehead atoms. The second-order valence-corrected chi connectivity index (χ2v) is 6.57. The fourth-order valence-electron chi connectivity index (χ4n) is 2.66. The lowest BCUT2D eigenvalue weighted by Crippen LogP contribution is -2.40. The lowest BCUT2D eigenvalue weighted by molar-refractivity contribution is 0.262. The molecule has 0 spiro atoms. The summed E-state index contributed by atoms with van der Waals surface area (Å²) in [6.45, 7) is 0.758. The third kappa shape index (κ3) is 3.28. The zero-order chi connectivity index (χ0) is 14.8. The first kappa shape index (κ1) is 15.2. The smallest absolute Gasteiger partial charge is 0.238 e. The van der Waals surface area contributed by atoms with E-state index in [1.807, 2.05) is 4.90 Å². The number of aliphatic hydroxyl groups is 1. The van der Waals surface area contributed by atoms with Gasteiger partial charge in [-0.15, -0.1) is 0 Å². The summed E-state index contributed by atoms with van der Waals surface area (Å²) in [7, 11) is -3.90. The van der Waals surface area contributed by atoms with E-state index in [9.17, 15) is 12.8 Å². The van der Waals surface area contributed by atoms with Gasteiger partial charge < -0.3 is 10.0 Å². The molecule has 1 aliphatic heterocycles. The highest BCUT2D eigenvalue weighted by atomic mass is 32.2. The van der Waals surface area contributed by atoms with Crippen molar-refractivity contribution in [2.24, 2.45) is 5.14 Å². The molecule has 0 radical (unpaired) electrons. The molecule has 1 aromatic carbocycles. The topological polar surface area (TPSA) is 83.6 Å². The summed E-state index contributed by atoms with van der Waals surface area (Å²) in [5.74, 6) is -0.596. The zero-order valence-electron chi connectivity index (χ0n) is 11.1. The second-order valence-electron chi connectivity index (χ2n) is 5.01. The summed E-state index contributed by atoms with van der Waals surface area (Å²) < 4.78 is 36.6. The number of benzene rings is 1. The average Bonchev–Trinajstić information content (AvgIpc) is 2.39. The first-order valence-corrected chi connectivity index (χ1v) is 8.18. The van der Waals surface area contributed by atoms with Gasteiger partial charge in [-0.3, -0.25) is 0 Å². The number of nitrogens with two attached hydrogens (primary N) is 1. The summed E-state index contributed by atoms with van der Waals surface area (Å²) in [6, 6.07) is 3.81. The maximum Gasteiger partial charge on any atom is 0.238 e. The summed E-state index contributed by atoms with van der Waals surface area (Å²) in [4.78, 5) is 1.68. The van der Waals surface area contributed by atoms with Crippen LogP contribution in [0.25, 0.3) is 0 Å². The fraction of sp³-hybridized carbons (Fsp3) is 0.538. The number of hydrogen-bond acceptors (Lipinski definition) is 4. The van der Waals surface area contributed by atoms with Crippen LogP contribution < -0.4 is 10.0 Å².